The summed E-state index contributed by atoms with van der Waals surface area (Å²) in [7, 11) is 0. The second-order valence-electron chi connectivity index (χ2n) is 4.99. The Morgan fingerprint density at radius 1 is 1.57 bits per heavy atom. The molecule has 2 rings (SSSR count). The molecule has 114 valence electrons. The van der Waals surface area contributed by atoms with E-state index in [4.69, 9.17) is 11.6 Å². The number of hydrogen-bond acceptors (Lipinski definition) is 4. The van der Waals surface area contributed by atoms with Gasteiger partial charge in [-0.3, -0.25) is 9.59 Å². The van der Waals surface area contributed by atoms with E-state index in [-0.39, 0.29) is 17.9 Å². The summed E-state index contributed by atoms with van der Waals surface area (Å²) < 4.78 is 0. The van der Waals surface area contributed by atoms with Crippen LogP contribution in [-0.4, -0.2) is 35.9 Å². The first-order valence-corrected chi connectivity index (χ1v) is 7.45. The Hall–Kier alpha value is -1.82. The summed E-state index contributed by atoms with van der Waals surface area (Å²) in [6.07, 6.45) is 3.69. The molecule has 1 atom stereocenters. The molecular weight excluding hydrogens is 292 g/mol. The smallest absolute Gasteiger partial charge is 0.253 e. The topological polar surface area (TPSA) is 83.1 Å². The third kappa shape index (κ3) is 4.32. The van der Waals surface area contributed by atoms with Crippen molar-refractivity contribution in [2.45, 2.75) is 32.2 Å². The fraction of sp³-hybridized carbons (Fsp3) is 0.500. The lowest BCUT2D eigenvalue weighted by Gasteiger charge is -2.12. The molecule has 1 aliphatic rings. The van der Waals surface area contributed by atoms with E-state index in [2.05, 4.69) is 20.9 Å². The van der Waals surface area contributed by atoms with Crippen LogP contribution in [0.1, 0.15) is 36.5 Å². The Balaban J connectivity index is 1.95. The summed E-state index contributed by atoms with van der Waals surface area (Å²) in [5.41, 5.74) is 0.384. The average molecular weight is 311 g/mol. The van der Waals surface area contributed by atoms with Crippen LogP contribution in [0.5, 0.6) is 0 Å². The maximum Gasteiger partial charge on any atom is 0.253 e. The molecule has 1 fully saturated rings. The van der Waals surface area contributed by atoms with Gasteiger partial charge in [-0.15, -0.1) is 0 Å². The van der Waals surface area contributed by atoms with E-state index in [9.17, 15) is 9.59 Å². The zero-order valence-electron chi connectivity index (χ0n) is 11.9. The molecular formula is C14H19ClN4O2. The summed E-state index contributed by atoms with van der Waals surface area (Å²) in [4.78, 5) is 27.4. The largest absolute Gasteiger partial charge is 0.370 e. The number of amides is 2. The van der Waals surface area contributed by atoms with Crippen LogP contribution in [0.4, 0.5) is 5.82 Å². The van der Waals surface area contributed by atoms with Crippen molar-refractivity contribution < 1.29 is 9.59 Å². The third-order valence-corrected chi connectivity index (χ3v) is 3.55. The lowest BCUT2D eigenvalue weighted by molar-refractivity contribution is -0.119. The van der Waals surface area contributed by atoms with E-state index >= 15 is 0 Å². The SMILES string of the molecule is CCCNc1cc(C(=O)NCC2CCC(=O)N2)c(Cl)cn1. The first-order valence-electron chi connectivity index (χ1n) is 7.07. The highest BCUT2D eigenvalue weighted by Gasteiger charge is 2.21. The van der Waals surface area contributed by atoms with Crippen molar-refractivity contribution >= 4 is 29.2 Å². The Bertz CT molecular complexity index is 536. The second kappa shape index (κ2) is 7.26. The van der Waals surface area contributed by atoms with E-state index in [1.54, 1.807) is 6.07 Å². The third-order valence-electron chi connectivity index (χ3n) is 3.25. The number of hydrogen-bond donors (Lipinski definition) is 3. The molecule has 21 heavy (non-hydrogen) atoms. The van der Waals surface area contributed by atoms with Gasteiger partial charge in [-0.1, -0.05) is 18.5 Å². The van der Waals surface area contributed by atoms with E-state index < -0.39 is 0 Å². The lowest BCUT2D eigenvalue weighted by atomic mass is 10.2. The van der Waals surface area contributed by atoms with Gasteiger partial charge in [0.05, 0.1) is 10.6 Å². The maximum absolute atomic E-state index is 12.2. The Labute approximate surface area is 128 Å². The second-order valence-corrected chi connectivity index (χ2v) is 5.40. The van der Waals surface area contributed by atoms with Crippen LogP contribution in [0, 0.1) is 0 Å². The van der Waals surface area contributed by atoms with E-state index in [0.29, 0.717) is 29.4 Å². The molecule has 1 aromatic rings. The molecule has 0 saturated carbocycles. The molecule has 3 N–H and O–H groups in total. The molecule has 0 bridgehead atoms. The van der Waals surface area contributed by atoms with Gasteiger partial charge in [-0.2, -0.15) is 0 Å². The number of pyridine rings is 1. The number of nitrogens with one attached hydrogen (secondary N) is 3. The van der Waals surface area contributed by atoms with Crippen LogP contribution >= 0.6 is 11.6 Å². The molecule has 1 aromatic heterocycles. The van der Waals surface area contributed by atoms with Crippen LogP contribution in [0.25, 0.3) is 0 Å². The van der Waals surface area contributed by atoms with Gasteiger partial charge in [-0.05, 0) is 18.9 Å². The molecule has 1 unspecified atom stereocenters. The van der Waals surface area contributed by atoms with Crippen molar-refractivity contribution in [1.82, 2.24) is 15.6 Å². The van der Waals surface area contributed by atoms with Gasteiger partial charge in [0, 0.05) is 31.7 Å². The molecule has 1 saturated heterocycles. The predicted octanol–water partition coefficient (Wildman–Crippen LogP) is 1.57. The molecule has 0 aliphatic carbocycles. The van der Waals surface area contributed by atoms with Crippen molar-refractivity contribution in [2.24, 2.45) is 0 Å². The van der Waals surface area contributed by atoms with Gasteiger partial charge in [0.15, 0.2) is 0 Å². The normalized spacial score (nSPS) is 17.4. The van der Waals surface area contributed by atoms with Crippen molar-refractivity contribution in [2.75, 3.05) is 18.4 Å². The monoisotopic (exact) mass is 310 g/mol. The van der Waals surface area contributed by atoms with Crippen LogP contribution < -0.4 is 16.0 Å². The van der Waals surface area contributed by atoms with Crippen LogP contribution in [0.15, 0.2) is 12.3 Å². The Kier molecular flexibility index (Phi) is 5.38. The maximum atomic E-state index is 12.2. The minimum atomic E-state index is -0.261. The van der Waals surface area contributed by atoms with Crippen molar-refractivity contribution in [3.8, 4) is 0 Å². The number of anilines is 1. The average Bonchev–Trinajstić information content (AvgIpc) is 2.89. The Morgan fingerprint density at radius 2 is 2.38 bits per heavy atom. The fourth-order valence-electron chi connectivity index (χ4n) is 2.10. The van der Waals surface area contributed by atoms with Crippen molar-refractivity contribution in [3.63, 3.8) is 0 Å². The summed E-state index contributed by atoms with van der Waals surface area (Å²) >= 11 is 6.02. The molecule has 6 nitrogen and oxygen atoms in total. The highest BCUT2D eigenvalue weighted by Crippen LogP contribution is 2.18. The summed E-state index contributed by atoms with van der Waals surface area (Å²) in [5, 5.41) is 9.02. The summed E-state index contributed by atoms with van der Waals surface area (Å²) in [6, 6.07) is 1.64. The number of carbonyl (C=O) groups is 2. The van der Waals surface area contributed by atoms with E-state index in [1.165, 1.54) is 6.20 Å². The molecule has 2 amide bonds. The van der Waals surface area contributed by atoms with Gasteiger partial charge in [0.2, 0.25) is 5.91 Å². The minimum absolute atomic E-state index is 0.000232. The van der Waals surface area contributed by atoms with Crippen LogP contribution in [0.3, 0.4) is 0 Å². The quantitative estimate of drug-likeness (QED) is 0.744. The number of aromatic nitrogens is 1. The molecule has 7 heteroatoms. The van der Waals surface area contributed by atoms with Crippen LogP contribution in [0.2, 0.25) is 5.02 Å². The highest BCUT2D eigenvalue weighted by atomic mass is 35.5. The first kappa shape index (κ1) is 15.6. The standard InChI is InChI=1S/C14H19ClN4O2/c1-2-5-16-12-6-10(11(15)8-17-12)14(21)18-7-9-3-4-13(20)19-9/h6,8-9H,2-5,7H2,1H3,(H,16,17)(H,18,21)(H,19,20). The minimum Gasteiger partial charge on any atom is -0.370 e. The van der Waals surface area contributed by atoms with Crippen LogP contribution in [-0.2, 0) is 4.79 Å². The number of rotatable bonds is 6. The van der Waals surface area contributed by atoms with Crippen molar-refractivity contribution in [3.05, 3.63) is 22.8 Å². The van der Waals surface area contributed by atoms with Gasteiger partial charge >= 0.3 is 0 Å². The van der Waals surface area contributed by atoms with E-state index in [1.807, 2.05) is 6.92 Å². The van der Waals surface area contributed by atoms with E-state index in [0.717, 1.165) is 19.4 Å². The first-order chi connectivity index (χ1) is 10.1. The molecule has 2 heterocycles. The van der Waals surface area contributed by atoms with Gasteiger partial charge in [0.25, 0.3) is 5.91 Å². The zero-order chi connectivity index (χ0) is 15.2. The summed E-state index contributed by atoms with van der Waals surface area (Å²) in [6.45, 7) is 3.23. The predicted molar refractivity (Wildman–Crippen MR) is 81.5 cm³/mol. The molecule has 0 radical (unpaired) electrons. The van der Waals surface area contributed by atoms with Crippen molar-refractivity contribution in [1.29, 1.82) is 0 Å². The summed E-state index contributed by atoms with van der Waals surface area (Å²) in [5.74, 6) is 0.394. The molecule has 0 aromatic carbocycles. The van der Waals surface area contributed by atoms with Gasteiger partial charge in [0.1, 0.15) is 5.82 Å². The molecule has 0 spiro atoms. The van der Waals surface area contributed by atoms with Gasteiger partial charge < -0.3 is 16.0 Å². The number of nitrogens with zero attached hydrogens (tertiary/aromatic N) is 1. The fourth-order valence-corrected chi connectivity index (χ4v) is 2.29. The van der Waals surface area contributed by atoms with Gasteiger partial charge in [-0.25, -0.2) is 4.98 Å². The highest BCUT2D eigenvalue weighted by molar-refractivity contribution is 6.33. The number of halogens is 1. The zero-order valence-corrected chi connectivity index (χ0v) is 12.7. The Morgan fingerprint density at radius 3 is 3.05 bits per heavy atom. The number of carbonyl (C=O) groups excluding carboxylic acids is 2. The lowest BCUT2D eigenvalue weighted by Crippen LogP contribution is -2.38. The molecule has 1 aliphatic heterocycles.